The molecule has 4 nitrogen and oxygen atoms in total. The van der Waals surface area contributed by atoms with Crippen LogP contribution in [0, 0.1) is 0 Å². The van der Waals surface area contributed by atoms with Gasteiger partial charge in [0.05, 0.1) is 12.2 Å². The maximum absolute atomic E-state index is 12.9. The quantitative estimate of drug-likeness (QED) is 0.918. The molecule has 2 fully saturated rings. The zero-order chi connectivity index (χ0) is 15.1. The largest absolute Gasteiger partial charge is 0.301 e. The predicted octanol–water partition coefficient (Wildman–Crippen LogP) is 1.83. The summed E-state index contributed by atoms with van der Waals surface area (Å²) in [5.41, 5.74) is 2.00. The molecule has 1 unspecified atom stereocenters. The van der Waals surface area contributed by atoms with Crippen LogP contribution in [0.1, 0.15) is 24.6 Å². The predicted molar refractivity (Wildman–Crippen MR) is 84.8 cm³/mol. The second-order valence-electron chi connectivity index (χ2n) is 5.89. The minimum Gasteiger partial charge on any atom is -0.301 e. The van der Waals surface area contributed by atoms with Crippen LogP contribution in [0.25, 0.3) is 0 Å². The van der Waals surface area contributed by atoms with Crippen LogP contribution in [0.4, 0.5) is 5.69 Å². The third-order valence-corrected chi connectivity index (χ3v) is 4.89. The fraction of sp³-hybridized carbons (Fsp3) is 0.294. The molecule has 1 N–H and O–H groups in total. The van der Waals surface area contributed by atoms with Gasteiger partial charge in [-0.3, -0.25) is 14.7 Å². The monoisotopic (exact) mass is 314 g/mol. The zero-order valence-corrected chi connectivity index (χ0v) is 12.8. The van der Waals surface area contributed by atoms with Crippen molar-refractivity contribution < 1.29 is 9.69 Å². The summed E-state index contributed by atoms with van der Waals surface area (Å²) in [5.74, 6) is 0.205. The van der Waals surface area contributed by atoms with Crippen LogP contribution >= 0.6 is 11.6 Å². The number of hydrogen-bond donors (Lipinski definition) is 1. The molecule has 2 aromatic rings. The molecule has 112 valence electrons. The maximum atomic E-state index is 12.9. The number of aromatic nitrogens is 1. The molecule has 0 bridgehead atoms. The molecule has 22 heavy (non-hydrogen) atoms. The molecule has 2 saturated heterocycles. The minimum atomic E-state index is 0.0152. The Kier molecular flexibility index (Phi) is 3.36. The maximum Gasteiger partial charge on any atom is 0.290 e. The van der Waals surface area contributed by atoms with Crippen LogP contribution in [0.5, 0.6) is 0 Å². The van der Waals surface area contributed by atoms with E-state index in [9.17, 15) is 4.79 Å². The van der Waals surface area contributed by atoms with Crippen molar-refractivity contribution in [3.63, 3.8) is 0 Å². The van der Waals surface area contributed by atoms with Crippen molar-refractivity contribution in [1.82, 2.24) is 4.98 Å². The number of quaternary nitrogens is 1. The van der Waals surface area contributed by atoms with Crippen molar-refractivity contribution in [2.75, 3.05) is 11.4 Å². The summed E-state index contributed by atoms with van der Waals surface area (Å²) < 4.78 is 0. The molecule has 0 aliphatic carbocycles. The Balaban J connectivity index is 1.82. The first-order valence-corrected chi connectivity index (χ1v) is 7.97. The number of nitrogens with one attached hydrogen (secondary N) is 1. The fourth-order valence-corrected chi connectivity index (χ4v) is 3.94. The first-order chi connectivity index (χ1) is 10.8. The average molecular weight is 315 g/mol. The molecule has 0 radical (unpaired) electrons. The first kappa shape index (κ1) is 13.7. The van der Waals surface area contributed by atoms with E-state index in [4.69, 9.17) is 11.6 Å². The number of nitrogens with zero attached hydrogens (tertiary/aromatic N) is 2. The molecular weight excluding hydrogens is 298 g/mol. The Hall–Kier alpha value is -1.91. The number of amides is 1. The smallest absolute Gasteiger partial charge is 0.290 e. The number of pyridine rings is 1. The number of rotatable bonds is 2. The highest BCUT2D eigenvalue weighted by molar-refractivity contribution is 6.30. The van der Waals surface area contributed by atoms with E-state index in [-0.39, 0.29) is 18.1 Å². The van der Waals surface area contributed by atoms with Crippen LogP contribution < -0.4 is 9.80 Å². The standard InChI is InChI=1S/C17H16ClN3O/c18-13-3-1-4-14(11-13)21-16(12-6-8-19-9-7-12)20-10-2-5-15(20)17(21)22/h1,3-4,6-9,11,15-16H,2,5,10H2/p+1/t15-,16-/m1/s1. The second-order valence-corrected chi connectivity index (χ2v) is 6.33. The Labute approximate surface area is 134 Å². The van der Waals surface area contributed by atoms with Crippen molar-refractivity contribution in [2.24, 2.45) is 0 Å². The van der Waals surface area contributed by atoms with Gasteiger partial charge in [0, 0.05) is 35.8 Å². The Morgan fingerprint density at radius 1 is 1.23 bits per heavy atom. The molecule has 1 aromatic heterocycles. The molecule has 2 aliphatic heterocycles. The summed E-state index contributed by atoms with van der Waals surface area (Å²) in [6, 6.07) is 11.6. The number of anilines is 1. The van der Waals surface area contributed by atoms with Gasteiger partial charge in [0.25, 0.3) is 5.91 Å². The third-order valence-electron chi connectivity index (χ3n) is 4.66. The van der Waals surface area contributed by atoms with E-state index >= 15 is 0 Å². The van der Waals surface area contributed by atoms with Gasteiger partial charge >= 0.3 is 0 Å². The summed E-state index contributed by atoms with van der Waals surface area (Å²) in [6.07, 6.45) is 5.67. The lowest BCUT2D eigenvalue weighted by Crippen LogP contribution is -3.12. The highest BCUT2D eigenvalue weighted by Crippen LogP contribution is 2.31. The van der Waals surface area contributed by atoms with Gasteiger partial charge in [0.1, 0.15) is 0 Å². The summed E-state index contributed by atoms with van der Waals surface area (Å²) in [6.45, 7) is 1.03. The van der Waals surface area contributed by atoms with E-state index in [1.54, 1.807) is 12.4 Å². The van der Waals surface area contributed by atoms with Crippen molar-refractivity contribution in [3.8, 4) is 0 Å². The van der Waals surface area contributed by atoms with Crippen molar-refractivity contribution >= 4 is 23.2 Å². The Morgan fingerprint density at radius 2 is 2.05 bits per heavy atom. The number of benzene rings is 1. The van der Waals surface area contributed by atoms with Crippen LogP contribution in [-0.4, -0.2) is 23.5 Å². The summed E-state index contributed by atoms with van der Waals surface area (Å²) >= 11 is 6.13. The van der Waals surface area contributed by atoms with Crippen molar-refractivity contribution in [3.05, 3.63) is 59.4 Å². The molecule has 3 atom stereocenters. The summed E-state index contributed by atoms with van der Waals surface area (Å²) in [7, 11) is 0. The van der Waals surface area contributed by atoms with E-state index in [2.05, 4.69) is 4.98 Å². The van der Waals surface area contributed by atoms with Gasteiger partial charge in [-0.15, -0.1) is 0 Å². The Bertz CT molecular complexity index is 706. The minimum absolute atomic E-state index is 0.0152. The molecule has 2 aliphatic rings. The van der Waals surface area contributed by atoms with Gasteiger partial charge in [-0.05, 0) is 30.3 Å². The molecular formula is C17H17ClN3O+. The third kappa shape index (κ3) is 2.11. The number of halogens is 1. The average Bonchev–Trinajstić information content (AvgIpc) is 3.10. The summed E-state index contributed by atoms with van der Waals surface area (Å²) in [5, 5.41) is 0.654. The molecule has 4 rings (SSSR count). The SMILES string of the molecule is O=C1[C@H]2CCC[NH+]2[C@@H](c2ccncc2)N1c1cccc(Cl)c1. The number of carbonyl (C=O) groups is 1. The van der Waals surface area contributed by atoms with E-state index in [0.717, 1.165) is 30.6 Å². The van der Waals surface area contributed by atoms with Gasteiger partial charge < -0.3 is 4.90 Å². The summed E-state index contributed by atoms with van der Waals surface area (Å²) in [4.78, 5) is 20.3. The van der Waals surface area contributed by atoms with Crippen LogP contribution in [0.3, 0.4) is 0 Å². The second kappa shape index (κ2) is 5.38. The van der Waals surface area contributed by atoms with E-state index in [0.29, 0.717) is 5.02 Å². The number of carbonyl (C=O) groups excluding carboxylic acids is 1. The highest BCUT2D eigenvalue weighted by atomic mass is 35.5. The van der Waals surface area contributed by atoms with E-state index < -0.39 is 0 Å². The van der Waals surface area contributed by atoms with Crippen LogP contribution in [0.2, 0.25) is 5.02 Å². The highest BCUT2D eigenvalue weighted by Gasteiger charge is 2.53. The van der Waals surface area contributed by atoms with Crippen LogP contribution in [-0.2, 0) is 4.79 Å². The lowest BCUT2D eigenvalue weighted by atomic mass is 10.1. The molecule has 5 heteroatoms. The van der Waals surface area contributed by atoms with Crippen LogP contribution in [0.15, 0.2) is 48.8 Å². The van der Waals surface area contributed by atoms with Crippen molar-refractivity contribution in [2.45, 2.75) is 25.0 Å². The van der Waals surface area contributed by atoms with Gasteiger partial charge in [-0.2, -0.15) is 0 Å². The molecule has 1 aromatic carbocycles. The fourth-order valence-electron chi connectivity index (χ4n) is 3.75. The first-order valence-electron chi connectivity index (χ1n) is 7.60. The van der Waals surface area contributed by atoms with E-state index in [1.807, 2.05) is 41.3 Å². The van der Waals surface area contributed by atoms with Gasteiger partial charge in [0.15, 0.2) is 12.2 Å². The van der Waals surface area contributed by atoms with Gasteiger partial charge in [-0.25, -0.2) is 0 Å². The van der Waals surface area contributed by atoms with Gasteiger partial charge in [0.2, 0.25) is 0 Å². The molecule has 0 spiro atoms. The lowest BCUT2D eigenvalue weighted by Gasteiger charge is -2.26. The lowest BCUT2D eigenvalue weighted by molar-refractivity contribution is -0.924. The normalized spacial score (nSPS) is 27.2. The van der Waals surface area contributed by atoms with E-state index in [1.165, 1.54) is 4.90 Å². The number of fused-ring (bicyclic) bond motifs is 1. The van der Waals surface area contributed by atoms with Crippen molar-refractivity contribution in [1.29, 1.82) is 0 Å². The topological polar surface area (TPSA) is 37.6 Å². The molecule has 1 amide bonds. The number of hydrogen-bond acceptors (Lipinski definition) is 2. The Morgan fingerprint density at radius 3 is 2.82 bits per heavy atom. The zero-order valence-electron chi connectivity index (χ0n) is 12.1. The van der Waals surface area contributed by atoms with Gasteiger partial charge in [-0.1, -0.05) is 17.7 Å². The molecule has 0 saturated carbocycles. The molecule has 3 heterocycles.